The van der Waals surface area contributed by atoms with Gasteiger partial charge in [-0.05, 0) is 30.7 Å². The molecule has 0 unspecified atom stereocenters. The number of rotatable bonds is 2. The Morgan fingerprint density at radius 3 is 2.81 bits per heavy atom. The number of benzene rings is 1. The highest BCUT2D eigenvalue weighted by molar-refractivity contribution is 6.33. The van der Waals surface area contributed by atoms with Crippen molar-refractivity contribution in [2.75, 3.05) is 5.32 Å². The number of aryl methyl sites for hydroxylation is 1. The van der Waals surface area contributed by atoms with E-state index < -0.39 is 5.95 Å². The second-order valence-corrected chi connectivity index (χ2v) is 3.88. The molecule has 0 spiro atoms. The van der Waals surface area contributed by atoms with Gasteiger partial charge in [0, 0.05) is 18.0 Å². The van der Waals surface area contributed by atoms with Gasteiger partial charge in [0.05, 0.1) is 10.7 Å². The van der Waals surface area contributed by atoms with Crippen molar-refractivity contribution in [1.82, 2.24) is 4.98 Å². The number of anilines is 2. The van der Waals surface area contributed by atoms with Crippen LogP contribution in [-0.2, 0) is 0 Å². The molecule has 0 atom stereocenters. The molecule has 1 aromatic heterocycles. The third kappa shape index (κ3) is 2.49. The number of nitrogens with one attached hydrogen (secondary N) is 1. The molecule has 2 nitrogen and oxygen atoms in total. The van der Waals surface area contributed by atoms with Crippen molar-refractivity contribution in [2.24, 2.45) is 0 Å². The lowest BCUT2D eigenvalue weighted by Crippen LogP contribution is -1.93. The van der Waals surface area contributed by atoms with Gasteiger partial charge >= 0.3 is 0 Å². The second-order valence-electron chi connectivity index (χ2n) is 3.48. The molecule has 2 rings (SSSR count). The number of halogens is 2. The number of nitrogens with zero attached hydrogens (tertiary/aromatic N) is 1. The predicted molar refractivity (Wildman–Crippen MR) is 63.7 cm³/mol. The SMILES string of the molecule is Cc1ccc(Cl)c(Nc2ccnc(F)c2)c1. The maximum Gasteiger partial charge on any atom is 0.214 e. The first-order valence-corrected chi connectivity index (χ1v) is 5.18. The summed E-state index contributed by atoms with van der Waals surface area (Å²) in [4.78, 5) is 3.48. The molecule has 1 aromatic carbocycles. The summed E-state index contributed by atoms with van der Waals surface area (Å²) in [5.74, 6) is -0.520. The van der Waals surface area contributed by atoms with E-state index in [-0.39, 0.29) is 0 Å². The first-order chi connectivity index (χ1) is 7.65. The highest BCUT2D eigenvalue weighted by Crippen LogP contribution is 2.26. The Balaban J connectivity index is 2.30. The Morgan fingerprint density at radius 2 is 2.06 bits per heavy atom. The lowest BCUT2D eigenvalue weighted by molar-refractivity contribution is 0.584. The number of aromatic nitrogens is 1. The molecule has 0 fully saturated rings. The van der Waals surface area contributed by atoms with Crippen molar-refractivity contribution in [3.05, 3.63) is 53.1 Å². The molecule has 0 saturated carbocycles. The van der Waals surface area contributed by atoms with Gasteiger partial charge < -0.3 is 5.32 Å². The van der Waals surface area contributed by atoms with E-state index in [1.165, 1.54) is 12.3 Å². The molecule has 82 valence electrons. The predicted octanol–water partition coefficient (Wildman–Crippen LogP) is 3.93. The summed E-state index contributed by atoms with van der Waals surface area (Å²) < 4.78 is 12.9. The van der Waals surface area contributed by atoms with E-state index >= 15 is 0 Å². The highest BCUT2D eigenvalue weighted by atomic mass is 35.5. The summed E-state index contributed by atoms with van der Waals surface area (Å²) in [6, 6.07) is 8.62. The van der Waals surface area contributed by atoms with Gasteiger partial charge in [-0.1, -0.05) is 17.7 Å². The molecule has 0 aliphatic carbocycles. The second kappa shape index (κ2) is 4.49. The molecule has 16 heavy (non-hydrogen) atoms. The molecule has 2 aromatic rings. The van der Waals surface area contributed by atoms with Crippen LogP contribution in [0.25, 0.3) is 0 Å². The van der Waals surface area contributed by atoms with Gasteiger partial charge in [0.15, 0.2) is 0 Å². The summed E-state index contributed by atoms with van der Waals surface area (Å²) in [5.41, 5.74) is 2.47. The Bertz CT molecular complexity index is 514. The van der Waals surface area contributed by atoms with Crippen LogP contribution in [0.1, 0.15) is 5.56 Å². The molecule has 1 N–H and O–H groups in total. The van der Waals surface area contributed by atoms with E-state index in [1.807, 2.05) is 19.1 Å². The van der Waals surface area contributed by atoms with Gasteiger partial charge in [0.25, 0.3) is 0 Å². The standard InChI is InChI=1S/C12H10ClFN2/c1-8-2-3-10(13)11(6-8)16-9-4-5-15-12(14)7-9/h2-7H,1H3,(H,15,16). The molecule has 1 heterocycles. The van der Waals surface area contributed by atoms with Crippen molar-refractivity contribution >= 4 is 23.0 Å². The molecular formula is C12H10ClFN2. The Labute approximate surface area is 98.1 Å². The van der Waals surface area contributed by atoms with Crippen LogP contribution in [0.2, 0.25) is 5.02 Å². The molecule has 0 amide bonds. The first-order valence-electron chi connectivity index (χ1n) is 4.80. The zero-order chi connectivity index (χ0) is 11.5. The monoisotopic (exact) mass is 236 g/mol. The minimum Gasteiger partial charge on any atom is -0.354 e. The fourth-order valence-electron chi connectivity index (χ4n) is 1.37. The summed E-state index contributed by atoms with van der Waals surface area (Å²) in [6.07, 6.45) is 1.40. The minimum absolute atomic E-state index is 0.520. The van der Waals surface area contributed by atoms with E-state index in [9.17, 15) is 4.39 Å². The molecule has 4 heteroatoms. The molecule has 0 aliphatic heterocycles. The Morgan fingerprint density at radius 1 is 1.25 bits per heavy atom. The molecule has 0 aliphatic rings. The van der Waals surface area contributed by atoms with Crippen molar-refractivity contribution in [1.29, 1.82) is 0 Å². The lowest BCUT2D eigenvalue weighted by atomic mass is 10.2. The van der Waals surface area contributed by atoms with Crippen LogP contribution in [-0.4, -0.2) is 4.98 Å². The normalized spacial score (nSPS) is 10.2. The van der Waals surface area contributed by atoms with E-state index in [1.54, 1.807) is 12.1 Å². The van der Waals surface area contributed by atoms with E-state index in [4.69, 9.17) is 11.6 Å². The maximum absolute atomic E-state index is 12.9. The van der Waals surface area contributed by atoms with Gasteiger partial charge in [0.2, 0.25) is 5.95 Å². The van der Waals surface area contributed by atoms with Crippen molar-refractivity contribution < 1.29 is 4.39 Å². The van der Waals surface area contributed by atoms with E-state index in [0.29, 0.717) is 10.7 Å². The van der Waals surface area contributed by atoms with Gasteiger partial charge in [-0.2, -0.15) is 4.39 Å². The lowest BCUT2D eigenvalue weighted by Gasteiger charge is -2.08. The Kier molecular flexibility index (Phi) is 3.06. The van der Waals surface area contributed by atoms with E-state index in [2.05, 4.69) is 10.3 Å². The zero-order valence-electron chi connectivity index (χ0n) is 8.67. The summed E-state index contributed by atoms with van der Waals surface area (Å²) >= 11 is 6.01. The van der Waals surface area contributed by atoms with Crippen LogP contribution >= 0.6 is 11.6 Å². The summed E-state index contributed by atoms with van der Waals surface area (Å²) in [7, 11) is 0. The topological polar surface area (TPSA) is 24.9 Å². The quantitative estimate of drug-likeness (QED) is 0.800. The van der Waals surface area contributed by atoms with Gasteiger partial charge in [-0.25, -0.2) is 4.98 Å². The van der Waals surface area contributed by atoms with Crippen molar-refractivity contribution in [3.63, 3.8) is 0 Å². The molecular weight excluding hydrogens is 227 g/mol. The van der Waals surface area contributed by atoms with Crippen LogP contribution in [0, 0.1) is 12.9 Å². The highest BCUT2D eigenvalue weighted by Gasteiger charge is 2.02. The fourth-order valence-corrected chi connectivity index (χ4v) is 1.54. The smallest absolute Gasteiger partial charge is 0.214 e. The van der Waals surface area contributed by atoms with Crippen molar-refractivity contribution in [2.45, 2.75) is 6.92 Å². The average molecular weight is 237 g/mol. The number of pyridine rings is 1. The minimum atomic E-state index is -0.520. The first kappa shape index (κ1) is 10.9. The van der Waals surface area contributed by atoms with Crippen LogP contribution < -0.4 is 5.32 Å². The largest absolute Gasteiger partial charge is 0.354 e. The summed E-state index contributed by atoms with van der Waals surface area (Å²) in [6.45, 7) is 1.97. The van der Waals surface area contributed by atoms with Gasteiger partial charge in [0.1, 0.15) is 0 Å². The van der Waals surface area contributed by atoms with Gasteiger partial charge in [-0.3, -0.25) is 0 Å². The van der Waals surface area contributed by atoms with Crippen LogP contribution in [0.5, 0.6) is 0 Å². The Hall–Kier alpha value is -1.61. The zero-order valence-corrected chi connectivity index (χ0v) is 9.42. The van der Waals surface area contributed by atoms with Crippen LogP contribution in [0.4, 0.5) is 15.8 Å². The maximum atomic E-state index is 12.9. The number of hydrogen-bond donors (Lipinski definition) is 1. The molecule has 0 saturated heterocycles. The third-order valence-electron chi connectivity index (χ3n) is 2.13. The molecule has 0 radical (unpaired) electrons. The van der Waals surface area contributed by atoms with Crippen molar-refractivity contribution in [3.8, 4) is 0 Å². The number of hydrogen-bond acceptors (Lipinski definition) is 2. The average Bonchev–Trinajstić information content (AvgIpc) is 2.24. The molecule has 0 bridgehead atoms. The van der Waals surface area contributed by atoms with Crippen LogP contribution in [0.15, 0.2) is 36.5 Å². The summed E-state index contributed by atoms with van der Waals surface area (Å²) in [5, 5.41) is 3.64. The third-order valence-corrected chi connectivity index (χ3v) is 2.46. The van der Waals surface area contributed by atoms with E-state index in [0.717, 1.165) is 11.3 Å². The van der Waals surface area contributed by atoms with Crippen LogP contribution in [0.3, 0.4) is 0 Å². The fraction of sp³-hybridized carbons (Fsp3) is 0.0833. The van der Waals surface area contributed by atoms with Gasteiger partial charge in [-0.15, -0.1) is 0 Å².